The lowest BCUT2D eigenvalue weighted by Crippen LogP contribution is -2.14. The van der Waals surface area contributed by atoms with Crippen molar-refractivity contribution < 1.29 is 4.39 Å². The average Bonchev–Trinajstić information content (AvgIpc) is 2.95. The molecule has 1 aliphatic rings. The third kappa shape index (κ3) is 8.20. The van der Waals surface area contributed by atoms with E-state index in [-0.39, 0.29) is 5.82 Å². The number of halogens is 1. The Morgan fingerprint density at radius 1 is 0.684 bits per heavy atom. The largest absolute Gasteiger partial charge is 0.206 e. The monoisotopic (exact) mass is 510 g/mol. The van der Waals surface area contributed by atoms with Crippen LogP contribution in [0, 0.1) is 23.6 Å². The molecule has 0 aromatic heterocycles. The van der Waals surface area contributed by atoms with Crippen molar-refractivity contribution in [3.63, 3.8) is 0 Å². The fraction of sp³-hybridized carbons (Fsp3) is 0.514. The van der Waals surface area contributed by atoms with Crippen LogP contribution in [-0.2, 0) is 6.42 Å². The topological polar surface area (TPSA) is 0 Å². The molecule has 1 fully saturated rings. The molecule has 0 N–H and O–H groups in total. The highest BCUT2D eigenvalue weighted by atomic mass is 19.1. The van der Waals surface area contributed by atoms with Crippen LogP contribution in [0.1, 0.15) is 132 Å². The van der Waals surface area contributed by atoms with Gasteiger partial charge in [-0.1, -0.05) is 114 Å². The quantitative estimate of drug-likeness (QED) is 0.168. The second kappa shape index (κ2) is 15.1. The van der Waals surface area contributed by atoms with E-state index in [4.69, 9.17) is 0 Å². The van der Waals surface area contributed by atoms with E-state index in [9.17, 15) is 0 Å². The maximum Gasteiger partial charge on any atom is 0.134 e. The third-order valence-corrected chi connectivity index (χ3v) is 8.61. The molecule has 0 saturated heterocycles. The van der Waals surface area contributed by atoms with E-state index in [2.05, 4.69) is 56.0 Å². The predicted octanol–water partition coefficient (Wildman–Crippen LogP) is 11.1. The Morgan fingerprint density at radius 3 is 2.08 bits per heavy atom. The summed E-state index contributed by atoms with van der Waals surface area (Å²) in [5.74, 6) is 7.79. The number of benzene rings is 3. The number of unbranched alkanes of at least 4 members (excludes halogenated alkanes) is 7. The molecular weight excluding hydrogens is 463 g/mol. The highest BCUT2D eigenvalue weighted by Crippen LogP contribution is 2.40. The Bertz CT molecular complexity index is 1190. The molecule has 1 aliphatic carbocycles. The van der Waals surface area contributed by atoms with Gasteiger partial charge in [0.1, 0.15) is 5.82 Å². The Morgan fingerprint density at radius 2 is 1.34 bits per heavy atom. The van der Waals surface area contributed by atoms with Gasteiger partial charge in [-0.25, -0.2) is 4.39 Å². The van der Waals surface area contributed by atoms with Crippen LogP contribution in [0.25, 0.3) is 10.8 Å². The molecule has 0 unspecified atom stereocenters. The number of fused-ring (bicyclic) bond motifs is 1. The van der Waals surface area contributed by atoms with Crippen LogP contribution >= 0.6 is 0 Å². The van der Waals surface area contributed by atoms with Crippen molar-refractivity contribution in [3.8, 4) is 11.8 Å². The second-order valence-electron chi connectivity index (χ2n) is 11.6. The van der Waals surface area contributed by atoms with Crippen molar-refractivity contribution in [3.05, 3.63) is 82.7 Å². The smallest absolute Gasteiger partial charge is 0.134 e. The summed E-state index contributed by atoms with van der Waals surface area (Å²) in [6, 6.07) is 18.8. The molecular formula is C37H47F. The minimum absolute atomic E-state index is 0.0151. The zero-order chi connectivity index (χ0) is 26.6. The van der Waals surface area contributed by atoms with E-state index in [0.29, 0.717) is 5.92 Å². The molecule has 3 aromatic carbocycles. The number of hydrogen-bond acceptors (Lipinski definition) is 0. The second-order valence-corrected chi connectivity index (χ2v) is 11.6. The van der Waals surface area contributed by atoms with Gasteiger partial charge in [0.2, 0.25) is 0 Å². The average molecular weight is 511 g/mol. The highest BCUT2D eigenvalue weighted by molar-refractivity contribution is 5.85. The van der Waals surface area contributed by atoms with Crippen LogP contribution in [0.3, 0.4) is 0 Å². The van der Waals surface area contributed by atoms with Gasteiger partial charge in [-0.05, 0) is 91.1 Å². The summed E-state index contributed by atoms with van der Waals surface area (Å²) < 4.78 is 15.6. The molecule has 0 bridgehead atoms. The minimum atomic E-state index is -0.0151. The van der Waals surface area contributed by atoms with Gasteiger partial charge >= 0.3 is 0 Å². The van der Waals surface area contributed by atoms with E-state index in [1.54, 1.807) is 0 Å². The summed E-state index contributed by atoms with van der Waals surface area (Å²) in [6.45, 7) is 4.53. The lowest BCUT2D eigenvalue weighted by atomic mass is 9.76. The van der Waals surface area contributed by atoms with E-state index in [0.717, 1.165) is 52.6 Å². The predicted molar refractivity (Wildman–Crippen MR) is 162 cm³/mol. The van der Waals surface area contributed by atoms with Crippen molar-refractivity contribution >= 4 is 10.8 Å². The number of rotatable bonds is 12. The van der Waals surface area contributed by atoms with Crippen LogP contribution in [0.5, 0.6) is 0 Å². The summed E-state index contributed by atoms with van der Waals surface area (Å²) in [4.78, 5) is 0. The molecule has 202 valence electrons. The van der Waals surface area contributed by atoms with Crippen LogP contribution in [-0.4, -0.2) is 0 Å². The Balaban J connectivity index is 1.34. The maximum absolute atomic E-state index is 15.6. The zero-order valence-electron chi connectivity index (χ0n) is 23.8. The molecule has 0 nitrogen and oxygen atoms in total. The molecule has 4 rings (SSSR count). The van der Waals surface area contributed by atoms with Gasteiger partial charge in [0.25, 0.3) is 0 Å². The van der Waals surface area contributed by atoms with Crippen LogP contribution in [0.15, 0.2) is 54.6 Å². The first-order valence-electron chi connectivity index (χ1n) is 15.5. The van der Waals surface area contributed by atoms with Gasteiger partial charge in [-0.3, -0.25) is 0 Å². The fourth-order valence-corrected chi connectivity index (χ4v) is 6.16. The molecule has 1 heteroatoms. The van der Waals surface area contributed by atoms with Gasteiger partial charge in [-0.15, -0.1) is 0 Å². The molecule has 0 heterocycles. The SMILES string of the molecule is CCCCCCCc1ccc(C#Cc2ccc3c(F)c(C4CCC(CCCCCC)CC4)ccc3c2)cc1. The van der Waals surface area contributed by atoms with Gasteiger partial charge < -0.3 is 0 Å². The van der Waals surface area contributed by atoms with Gasteiger partial charge in [0, 0.05) is 16.5 Å². The fourth-order valence-electron chi connectivity index (χ4n) is 6.16. The first kappa shape index (κ1) is 28.4. The Hall–Kier alpha value is -2.59. The lowest BCUT2D eigenvalue weighted by Gasteiger charge is -2.29. The number of aryl methyl sites for hydroxylation is 1. The number of hydrogen-bond donors (Lipinski definition) is 0. The molecule has 0 amide bonds. The summed E-state index contributed by atoms with van der Waals surface area (Å²) in [5.41, 5.74) is 4.28. The van der Waals surface area contributed by atoms with Crippen LogP contribution in [0.4, 0.5) is 4.39 Å². The summed E-state index contributed by atoms with van der Waals surface area (Å²) in [6.07, 6.45) is 19.2. The van der Waals surface area contributed by atoms with Crippen molar-refractivity contribution in [1.29, 1.82) is 0 Å². The molecule has 38 heavy (non-hydrogen) atoms. The van der Waals surface area contributed by atoms with Gasteiger partial charge in [-0.2, -0.15) is 0 Å². The first-order valence-corrected chi connectivity index (χ1v) is 15.5. The van der Waals surface area contributed by atoms with E-state index >= 15 is 4.39 Å². The van der Waals surface area contributed by atoms with Crippen molar-refractivity contribution in [2.45, 2.75) is 116 Å². The highest BCUT2D eigenvalue weighted by Gasteiger charge is 2.24. The Kier molecular flexibility index (Phi) is 11.3. The van der Waals surface area contributed by atoms with Crippen molar-refractivity contribution in [2.24, 2.45) is 5.92 Å². The molecule has 0 aliphatic heterocycles. The van der Waals surface area contributed by atoms with E-state index < -0.39 is 0 Å². The van der Waals surface area contributed by atoms with E-state index in [1.807, 2.05) is 24.3 Å². The molecule has 0 atom stereocenters. The minimum Gasteiger partial charge on any atom is -0.206 e. The molecule has 3 aromatic rings. The lowest BCUT2D eigenvalue weighted by molar-refractivity contribution is 0.299. The van der Waals surface area contributed by atoms with Crippen LogP contribution in [0.2, 0.25) is 0 Å². The van der Waals surface area contributed by atoms with Crippen molar-refractivity contribution in [2.75, 3.05) is 0 Å². The van der Waals surface area contributed by atoms with Gasteiger partial charge in [0.05, 0.1) is 0 Å². The molecule has 0 radical (unpaired) electrons. The normalized spacial score (nSPS) is 17.3. The summed E-state index contributed by atoms with van der Waals surface area (Å²) in [5, 5.41) is 1.68. The third-order valence-electron chi connectivity index (χ3n) is 8.61. The van der Waals surface area contributed by atoms with Crippen LogP contribution < -0.4 is 0 Å². The van der Waals surface area contributed by atoms with Gasteiger partial charge in [0.15, 0.2) is 0 Å². The summed E-state index contributed by atoms with van der Waals surface area (Å²) >= 11 is 0. The zero-order valence-corrected chi connectivity index (χ0v) is 23.8. The Labute approximate surface area is 231 Å². The van der Waals surface area contributed by atoms with Crippen molar-refractivity contribution in [1.82, 2.24) is 0 Å². The first-order chi connectivity index (χ1) is 18.7. The summed E-state index contributed by atoms with van der Waals surface area (Å²) in [7, 11) is 0. The molecule has 0 spiro atoms. The standard InChI is InChI=1S/C37H47F/c1-3-5-7-9-11-13-29-14-16-31(17-15-29)18-19-32-22-26-36-34(28-32)25-27-35(37(36)38)33-23-20-30(21-24-33)12-10-8-6-4-2/h14-17,22,25-28,30,33H,3-13,20-21,23-24H2,1-2H3. The molecule has 1 saturated carbocycles. The van der Waals surface area contributed by atoms with E-state index in [1.165, 1.54) is 82.6 Å². The maximum atomic E-state index is 15.6.